The highest BCUT2D eigenvalue weighted by Gasteiger charge is 2.10. The molecule has 3 nitrogen and oxygen atoms in total. The molecule has 0 fully saturated rings. The fourth-order valence-corrected chi connectivity index (χ4v) is 2.09. The van der Waals surface area contributed by atoms with Crippen molar-refractivity contribution in [2.24, 2.45) is 0 Å². The molecule has 0 unspecified atom stereocenters. The van der Waals surface area contributed by atoms with Gasteiger partial charge in [-0.05, 0) is 48.7 Å². The van der Waals surface area contributed by atoms with E-state index in [0.717, 1.165) is 12.0 Å². The summed E-state index contributed by atoms with van der Waals surface area (Å²) in [5.74, 6) is -0.0751. The zero-order valence-electron chi connectivity index (χ0n) is 12.8. The molecule has 0 aliphatic heterocycles. The molecule has 116 valence electrons. The van der Waals surface area contributed by atoms with Crippen LogP contribution in [0, 0.1) is 5.82 Å². The number of hydrogen-bond donors (Lipinski definition) is 1. The van der Waals surface area contributed by atoms with Crippen LogP contribution in [0.5, 0.6) is 5.75 Å². The molecule has 0 bridgehead atoms. The van der Waals surface area contributed by atoms with E-state index in [0.29, 0.717) is 5.75 Å². The summed E-state index contributed by atoms with van der Waals surface area (Å²) < 4.78 is 18.1. The summed E-state index contributed by atoms with van der Waals surface area (Å²) in [4.78, 5) is 11.9. The van der Waals surface area contributed by atoms with E-state index in [4.69, 9.17) is 4.74 Å². The van der Waals surface area contributed by atoms with Crippen LogP contribution < -0.4 is 10.1 Å². The van der Waals surface area contributed by atoms with Crippen molar-refractivity contribution in [2.45, 2.75) is 26.3 Å². The maximum absolute atomic E-state index is 12.8. The number of aryl methyl sites for hydroxylation is 1. The zero-order valence-corrected chi connectivity index (χ0v) is 12.8. The van der Waals surface area contributed by atoms with Gasteiger partial charge in [-0.1, -0.05) is 31.2 Å². The van der Waals surface area contributed by atoms with Crippen LogP contribution in [-0.2, 0) is 11.2 Å². The molecule has 0 saturated carbocycles. The molecule has 0 heterocycles. The predicted octanol–water partition coefficient (Wildman–Crippen LogP) is 3.64. The number of rotatable bonds is 6. The molecule has 2 aromatic carbocycles. The Kier molecular flexibility index (Phi) is 5.53. The Morgan fingerprint density at radius 1 is 1.14 bits per heavy atom. The Hall–Kier alpha value is -2.36. The number of carbonyl (C=O) groups excluding carboxylic acids is 1. The van der Waals surface area contributed by atoms with Gasteiger partial charge in [0.2, 0.25) is 0 Å². The van der Waals surface area contributed by atoms with Crippen molar-refractivity contribution in [1.29, 1.82) is 0 Å². The fourth-order valence-electron chi connectivity index (χ4n) is 2.09. The van der Waals surface area contributed by atoms with Crippen LogP contribution in [0.25, 0.3) is 0 Å². The second-order valence-corrected chi connectivity index (χ2v) is 5.13. The maximum Gasteiger partial charge on any atom is 0.258 e. The number of hydrogen-bond acceptors (Lipinski definition) is 2. The number of nitrogens with one attached hydrogen (secondary N) is 1. The van der Waals surface area contributed by atoms with E-state index in [9.17, 15) is 9.18 Å². The smallest absolute Gasteiger partial charge is 0.258 e. The van der Waals surface area contributed by atoms with Crippen molar-refractivity contribution < 1.29 is 13.9 Å². The lowest BCUT2D eigenvalue weighted by atomic mass is 10.1. The van der Waals surface area contributed by atoms with Crippen LogP contribution in [0.15, 0.2) is 48.5 Å². The number of benzene rings is 2. The molecule has 2 rings (SSSR count). The van der Waals surface area contributed by atoms with Gasteiger partial charge in [0, 0.05) is 0 Å². The lowest BCUT2D eigenvalue weighted by Crippen LogP contribution is -2.31. The summed E-state index contributed by atoms with van der Waals surface area (Å²) in [6.07, 6.45) is 0.993. The van der Waals surface area contributed by atoms with Crippen molar-refractivity contribution in [3.05, 3.63) is 65.5 Å². The first-order valence-electron chi connectivity index (χ1n) is 7.35. The van der Waals surface area contributed by atoms with Crippen molar-refractivity contribution in [2.75, 3.05) is 6.61 Å². The number of amides is 1. The summed E-state index contributed by atoms with van der Waals surface area (Å²) in [7, 11) is 0. The third-order valence-electron chi connectivity index (χ3n) is 3.45. The largest absolute Gasteiger partial charge is 0.484 e. The lowest BCUT2D eigenvalue weighted by molar-refractivity contribution is -0.123. The second-order valence-electron chi connectivity index (χ2n) is 5.13. The highest BCUT2D eigenvalue weighted by Crippen LogP contribution is 2.14. The first-order valence-corrected chi connectivity index (χ1v) is 7.35. The normalized spacial score (nSPS) is 11.8. The van der Waals surface area contributed by atoms with Crippen LogP contribution >= 0.6 is 0 Å². The van der Waals surface area contributed by atoms with Gasteiger partial charge in [-0.15, -0.1) is 0 Å². The molecule has 0 aliphatic rings. The second kappa shape index (κ2) is 7.59. The average molecular weight is 301 g/mol. The minimum atomic E-state index is -0.332. The minimum Gasteiger partial charge on any atom is -0.484 e. The Bertz CT molecular complexity index is 608. The molecule has 0 radical (unpaired) electrons. The molecule has 0 aromatic heterocycles. The van der Waals surface area contributed by atoms with Gasteiger partial charge >= 0.3 is 0 Å². The van der Waals surface area contributed by atoms with E-state index in [2.05, 4.69) is 24.4 Å². The quantitative estimate of drug-likeness (QED) is 0.884. The van der Waals surface area contributed by atoms with Gasteiger partial charge in [-0.3, -0.25) is 4.79 Å². The molecule has 1 atom stereocenters. The van der Waals surface area contributed by atoms with Crippen LogP contribution in [0.4, 0.5) is 4.39 Å². The van der Waals surface area contributed by atoms with Crippen molar-refractivity contribution >= 4 is 5.91 Å². The topological polar surface area (TPSA) is 38.3 Å². The molecular weight excluding hydrogens is 281 g/mol. The van der Waals surface area contributed by atoms with E-state index < -0.39 is 0 Å². The molecule has 1 amide bonds. The summed E-state index contributed by atoms with van der Waals surface area (Å²) >= 11 is 0. The number of halogens is 1. The lowest BCUT2D eigenvalue weighted by Gasteiger charge is -2.15. The molecular formula is C18H20FNO2. The Morgan fingerprint density at radius 3 is 2.36 bits per heavy atom. The Labute approximate surface area is 130 Å². The third kappa shape index (κ3) is 4.58. The number of ether oxygens (including phenoxy) is 1. The molecule has 0 saturated heterocycles. The number of carbonyl (C=O) groups is 1. The van der Waals surface area contributed by atoms with Crippen molar-refractivity contribution in [3.63, 3.8) is 0 Å². The SMILES string of the molecule is CCc1ccc([C@@H](C)NC(=O)COc2ccc(F)cc2)cc1. The molecule has 4 heteroatoms. The predicted molar refractivity (Wildman–Crippen MR) is 84.3 cm³/mol. The van der Waals surface area contributed by atoms with E-state index in [1.165, 1.54) is 29.8 Å². The van der Waals surface area contributed by atoms with Gasteiger partial charge in [-0.25, -0.2) is 4.39 Å². The minimum absolute atomic E-state index is 0.0878. The Balaban J connectivity index is 1.83. The van der Waals surface area contributed by atoms with Gasteiger partial charge in [0.25, 0.3) is 5.91 Å². The van der Waals surface area contributed by atoms with Gasteiger partial charge in [0.1, 0.15) is 11.6 Å². The summed E-state index contributed by atoms with van der Waals surface area (Å²) in [5.41, 5.74) is 2.31. The summed E-state index contributed by atoms with van der Waals surface area (Å²) in [6.45, 7) is 3.94. The molecule has 2 aromatic rings. The van der Waals surface area contributed by atoms with Crippen LogP contribution in [0.1, 0.15) is 31.0 Å². The highest BCUT2D eigenvalue weighted by atomic mass is 19.1. The van der Waals surface area contributed by atoms with Crippen LogP contribution in [-0.4, -0.2) is 12.5 Å². The molecule has 22 heavy (non-hydrogen) atoms. The zero-order chi connectivity index (χ0) is 15.9. The van der Waals surface area contributed by atoms with Crippen molar-refractivity contribution in [3.8, 4) is 5.75 Å². The maximum atomic E-state index is 12.8. The van der Waals surface area contributed by atoms with E-state index in [-0.39, 0.29) is 24.4 Å². The van der Waals surface area contributed by atoms with Gasteiger partial charge in [0.05, 0.1) is 6.04 Å². The summed E-state index contributed by atoms with van der Waals surface area (Å²) in [5, 5.41) is 2.88. The fraction of sp³-hybridized carbons (Fsp3) is 0.278. The van der Waals surface area contributed by atoms with E-state index in [1.807, 2.05) is 19.1 Å². The third-order valence-corrected chi connectivity index (χ3v) is 3.45. The van der Waals surface area contributed by atoms with Gasteiger partial charge in [-0.2, -0.15) is 0 Å². The van der Waals surface area contributed by atoms with E-state index in [1.54, 1.807) is 0 Å². The highest BCUT2D eigenvalue weighted by molar-refractivity contribution is 5.78. The molecule has 0 spiro atoms. The average Bonchev–Trinajstić information content (AvgIpc) is 2.54. The monoisotopic (exact) mass is 301 g/mol. The van der Waals surface area contributed by atoms with Gasteiger partial charge in [0.15, 0.2) is 6.61 Å². The first-order chi connectivity index (χ1) is 10.6. The first kappa shape index (κ1) is 16.0. The van der Waals surface area contributed by atoms with E-state index >= 15 is 0 Å². The van der Waals surface area contributed by atoms with Crippen LogP contribution in [0.3, 0.4) is 0 Å². The van der Waals surface area contributed by atoms with Gasteiger partial charge < -0.3 is 10.1 Å². The van der Waals surface area contributed by atoms with Crippen molar-refractivity contribution in [1.82, 2.24) is 5.32 Å². The summed E-state index contributed by atoms with van der Waals surface area (Å²) in [6, 6.07) is 13.7. The van der Waals surface area contributed by atoms with Crippen LogP contribution in [0.2, 0.25) is 0 Å². The Morgan fingerprint density at radius 2 is 1.77 bits per heavy atom. The molecule has 0 aliphatic carbocycles. The standard InChI is InChI=1S/C18H20FNO2/c1-3-14-4-6-15(7-5-14)13(2)20-18(21)12-22-17-10-8-16(19)9-11-17/h4-11,13H,3,12H2,1-2H3,(H,20,21)/t13-/m1/s1. The molecule has 1 N–H and O–H groups in total.